The van der Waals surface area contributed by atoms with Crippen molar-refractivity contribution in [1.29, 1.82) is 0 Å². The highest BCUT2D eigenvalue weighted by Crippen LogP contribution is 2.41. The van der Waals surface area contributed by atoms with Crippen LogP contribution in [0.5, 0.6) is 5.75 Å². The lowest BCUT2D eigenvalue weighted by Crippen LogP contribution is -2.51. The second kappa shape index (κ2) is 5.00. The molecule has 3 nitrogen and oxygen atoms in total. The van der Waals surface area contributed by atoms with Crippen molar-refractivity contribution in [2.45, 2.75) is 25.3 Å². The van der Waals surface area contributed by atoms with Gasteiger partial charge in [-0.3, -0.25) is 0 Å². The number of benzene rings is 2. The number of carbonyl (C=O) groups is 1. The minimum atomic E-state index is -0.498. The van der Waals surface area contributed by atoms with Crippen LogP contribution in [0.4, 0.5) is 4.79 Å². The van der Waals surface area contributed by atoms with Gasteiger partial charge in [-0.15, -0.1) is 0 Å². The van der Waals surface area contributed by atoms with Crippen LogP contribution in [0.1, 0.15) is 30.9 Å². The van der Waals surface area contributed by atoms with Gasteiger partial charge >= 0.3 is 6.09 Å². The van der Waals surface area contributed by atoms with Gasteiger partial charge in [-0.2, -0.15) is 0 Å². The fourth-order valence-electron chi connectivity index (χ4n) is 2.94. The monoisotopic (exact) mass is 267 g/mol. The average molecular weight is 267 g/mol. The van der Waals surface area contributed by atoms with Crippen LogP contribution in [0.2, 0.25) is 0 Å². The number of carbonyl (C=O) groups excluding carboxylic acids is 1. The van der Waals surface area contributed by atoms with Crippen LogP contribution in [-0.4, -0.2) is 6.09 Å². The summed E-state index contributed by atoms with van der Waals surface area (Å²) < 4.78 is 5.30. The Hall–Kier alpha value is -2.29. The molecule has 1 amide bonds. The van der Waals surface area contributed by atoms with Gasteiger partial charge in [-0.05, 0) is 18.1 Å². The molecule has 2 aromatic carbocycles. The predicted octanol–water partition coefficient (Wildman–Crippen LogP) is 3.83. The van der Waals surface area contributed by atoms with Crippen LogP contribution >= 0.6 is 0 Å². The largest absolute Gasteiger partial charge is 0.413 e. The van der Waals surface area contributed by atoms with Crippen LogP contribution < -0.4 is 10.1 Å². The Morgan fingerprint density at radius 3 is 2.50 bits per heavy atom. The Morgan fingerprint density at radius 2 is 1.75 bits per heavy atom. The molecule has 102 valence electrons. The third-order valence-corrected chi connectivity index (χ3v) is 3.76. The molecular formula is C17H17NO2. The first-order valence-corrected chi connectivity index (χ1v) is 6.91. The van der Waals surface area contributed by atoms with Gasteiger partial charge < -0.3 is 10.1 Å². The first-order valence-electron chi connectivity index (χ1n) is 6.91. The number of nitrogens with one attached hydrogen (secondary N) is 1. The lowest BCUT2D eigenvalue weighted by atomic mass is 9.78. The van der Waals surface area contributed by atoms with E-state index in [2.05, 4.69) is 24.4 Å². The third-order valence-electron chi connectivity index (χ3n) is 3.76. The highest BCUT2D eigenvalue weighted by molar-refractivity contribution is 5.76. The summed E-state index contributed by atoms with van der Waals surface area (Å²) in [6, 6.07) is 17.8. The third kappa shape index (κ3) is 1.95. The van der Waals surface area contributed by atoms with E-state index in [0.29, 0.717) is 5.75 Å². The van der Waals surface area contributed by atoms with E-state index in [9.17, 15) is 4.79 Å². The molecule has 0 bridgehead atoms. The summed E-state index contributed by atoms with van der Waals surface area (Å²) in [7, 11) is 0. The van der Waals surface area contributed by atoms with Gasteiger partial charge in [0.15, 0.2) is 0 Å². The molecule has 0 aliphatic carbocycles. The van der Waals surface area contributed by atoms with E-state index < -0.39 is 5.54 Å². The lowest BCUT2D eigenvalue weighted by molar-refractivity contribution is 0.175. The predicted molar refractivity (Wildman–Crippen MR) is 77.7 cm³/mol. The van der Waals surface area contributed by atoms with Crippen molar-refractivity contribution < 1.29 is 9.53 Å². The SMILES string of the molecule is CCCC1(c2ccccc2)NC(=O)Oc2ccccc21. The van der Waals surface area contributed by atoms with Crippen molar-refractivity contribution in [2.24, 2.45) is 0 Å². The van der Waals surface area contributed by atoms with E-state index in [4.69, 9.17) is 4.74 Å². The second-order valence-corrected chi connectivity index (χ2v) is 5.03. The molecule has 0 fully saturated rings. The van der Waals surface area contributed by atoms with E-state index in [0.717, 1.165) is 24.0 Å². The average Bonchev–Trinajstić information content (AvgIpc) is 2.48. The number of hydrogen-bond donors (Lipinski definition) is 1. The zero-order valence-electron chi connectivity index (χ0n) is 11.4. The molecule has 1 heterocycles. The highest BCUT2D eigenvalue weighted by Gasteiger charge is 2.41. The molecular weight excluding hydrogens is 250 g/mol. The molecule has 0 saturated carbocycles. The quantitative estimate of drug-likeness (QED) is 0.917. The van der Waals surface area contributed by atoms with Crippen LogP contribution in [0.25, 0.3) is 0 Å². The Kier molecular flexibility index (Phi) is 3.18. The highest BCUT2D eigenvalue weighted by atomic mass is 16.6. The minimum Gasteiger partial charge on any atom is -0.410 e. The summed E-state index contributed by atoms with van der Waals surface area (Å²) >= 11 is 0. The van der Waals surface area contributed by atoms with Crippen molar-refractivity contribution in [3.05, 3.63) is 65.7 Å². The second-order valence-electron chi connectivity index (χ2n) is 5.03. The van der Waals surface area contributed by atoms with Crippen LogP contribution in [0.15, 0.2) is 54.6 Å². The van der Waals surface area contributed by atoms with Gasteiger partial charge in [0.2, 0.25) is 0 Å². The first kappa shape index (κ1) is 12.7. The van der Waals surface area contributed by atoms with E-state index in [1.54, 1.807) is 0 Å². The minimum absolute atomic E-state index is 0.388. The summed E-state index contributed by atoms with van der Waals surface area (Å²) in [5.74, 6) is 0.647. The van der Waals surface area contributed by atoms with Crippen molar-refractivity contribution in [3.63, 3.8) is 0 Å². The number of ether oxygens (including phenoxy) is 1. The van der Waals surface area contributed by atoms with Crippen LogP contribution in [0.3, 0.4) is 0 Å². The Morgan fingerprint density at radius 1 is 1.05 bits per heavy atom. The number of para-hydroxylation sites is 1. The summed E-state index contributed by atoms with van der Waals surface area (Å²) in [6.45, 7) is 2.12. The number of fused-ring (bicyclic) bond motifs is 1. The number of hydrogen-bond acceptors (Lipinski definition) is 2. The molecule has 0 saturated heterocycles. The van der Waals surface area contributed by atoms with Gasteiger partial charge in [0.05, 0.1) is 5.54 Å². The van der Waals surface area contributed by atoms with Gasteiger partial charge in [0.1, 0.15) is 5.75 Å². The molecule has 1 unspecified atom stereocenters. The van der Waals surface area contributed by atoms with Crippen molar-refractivity contribution >= 4 is 6.09 Å². The van der Waals surface area contributed by atoms with Gasteiger partial charge in [-0.1, -0.05) is 61.9 Å². The van der Waals surface area contributed by atoms with E-state index in [1.165, 1.54) is 0 Å². The molecule has 0 spiro atoms. The fourth-order valence-corrected chi connectivity index (χ4v) is 2.94. The Bertz CT molecular complexity index is 624. The molecule has 0 aromatic heterocycles. The fraction of sp³-hybridized carbons (Fsp3) is 0.235. The smallest absolute Gasteiger partial charge is 0.410 e. The van der Waals surface area contributed by atoms with Crippen LogP contribution in [-0.2, 0) is 5.54 Å². The zero-order valence-corrected chi connectivity index (χ0v) is 11.4. The summed E-state index contributed by atoms with van der Waals surface area (Å²) in [4.78, 5) is 12.0. The zero-order chi connectivity index (χ0) is 14.0. The summed E-state index contributed by atoms with van der Waals surface area (Å²) in [6.07, 6.45) is 1.41. The topological polar surface area (TPSA) is 38.3 Å². The molecule has 1 N–H and O–H groups in total. The molecule has 3 rings (SSSR count). The normalized spacial score (nSPS) is 20.8. The molecule has 2 aromatic rings. The number of amides is 1. The molecule has 1 aliphatic heterocycles. The maximum absolute atomic E-state index is 12.0. The van der Waals surface area contributed by atoms with Gasteiger partial charge in [0, 0.05) is 5.56 Å². The van der Waals surface area contributed by atoms with Gasteiger partial charge in [-0.25, -0.2) is 4.79 Å². The molecule has 1 aliphatic rings. The van der Waals surface area contributed by atoms with Crippen molar-refractivity contribution in [3.8, 4) is 5.75 Å². The Labute approximate surface area is 118 Å². The van der Waals surface area contributed by atoms with E-state index in [1.807, 2.05) is 42.5 Å². The van der Waals surface area contributed by atoms with E-state index in [-0.39, 0.29) is 6.09 Å². The van der Waals surface area contributed by atoms with Crippen LogP contribution in [0, 0.1) is 0 Å². The molecule has 1 atom stereocenters. The van der Waals surface area contributed by atoms with Crippen molar-refractivity contribution in [2.75, 3.05) is 0 Å². The Balaban J connectivity index is 2.23. The van der Waals surface area contributed by atoms with E-state index >= 15 is 0 Å². The maximum Gasteiger partial charge on any atom is 0.413 e. The van der Waals surface area contributed by atoms with Gasteiger partial charge in [0.25, 0.3) is 0 Å². The lowest BCUT2D eigenvalue weighted by Gasteiger charge is -2.39. The standard InChI is InChI=1S/C17H17NO2/c1-2-12-17(13-8-4-3-5-9-13)14-10-6-7-11-15(14)20-16(19)18-17/h3-11H,2,12H2,1H3,(H,18,19). The first-order chi connectivity index (χ1) is 9.76. The molecule has 0 radical (unpaired) electrons. The molecule has 20 heavy (non-hydrogen) atoms. The summed E-state index contributed by atoms with van der Waals surface area (Å²) in [5.41, 5.74) is 1.61. The summed E-state index contributed by atoms with van der Waals surface area (Å²) in [5, 5.41) is 3.04. The molecule has 3 heteroatoms. The van der Waals surface area contributed by atoms with Crippen molar-refractivity contribution in [1.82, 2.24) is 5.32 Å². The number of rotatable bonds is 3. The maximum atomic E-state index is 12.0.